The average molecular weight is 440 g/mol. The van der Waals surface area contributed by atoms with Crippen molar-refractivity contribution in [3.8, 4) is 11.1 Å². The van der Waals surface area contributed by atoms with E-state index in [4.69, 9.17) is 4.74 Å². The van der Waals surface area contributed by atoms with Gasteiger partial charge in [-0.05, 0) is 48.6 Å². The minimum atomic E-state index is -0.740. The number of nitrogens with one attached hydrogen (secondary N) is 1. The average Bonchev–Trinajstić information content (AvgIpc) is 2.80. The Hall–Kier alpha value is -4.19. The smallest absolute Gasteiger partial charge is 0.356 e. The lowest BCUT2D eigenvalue weighted by atomic mass is 9.96. The van der Waals surface area contributed by atoms with Crippen molar-refractivity contribution >= 4 is 28.3 Å². The number of carbonyl (C=O) groups is 2. The van der Waals surface area contributed by atoms with Gasteiger partial charge < -0.3 is 14.6 Å². The number of hydrogen-bond acceptors (Lipinski definition) is 4. The molecule has 0 atom stereocenters. The molecule has 0 bridgehead atoms. The lowest BCUT2D eigenvalue weighted by Gasteiger charge is -2.17. The molecule has 1 amide bonds. The predicted octanol–water partition coefficient (Wildman–Crippen LogP) is 4.62. The van der Waals surface area contributed by atoms with Crippen LogP contribution < -0.4 is 10.9 Å². The number of hydrogen-bond donors (Lipinski definition) is 1. The van der Waals surface area contributed by atoms with E-state index in [1.807, 2.05) is 68.4 Å². The minimum absolute atomic E-state index is 0.103. The molecule has 4 aromatic rings. The summed E-state index contributed by atoms with van der Waals surface area (Å²) in [6.45, 7) is 3.42. The number of pyridine rings is 1. The molecule has 0 saturated heterocycles. The van der Waals surface area contributed by atoms with Crippen molar-refractivity contribution in [2.75, 3.05) is 11.9 Å². The van der Waals surface area contributed by atoms with Gasteiger partial charge in [-0.15, -0.1) is 0 Å². The summed E-state index contributed by atoms with van der Waals surface area (Å²) in [5, 5.41) is 3.87. The molecule has 166 valence electrons. The molecule has 1 N–H and O–H groups in total. The molecular formula is C27H24N2O4. The standard InChI is InChI=1S/C27H24N2O4/c1-17-11-13-19(14-12-17)24-21-9-4-5-10-22(21)26(31)29(3)25(24)27(32)33-16-23(30)28-20-8-6-7-18(2)15-20/h4-15H,16H2,1-3H3,(H,28,30). The van der Waals surface area contributed by atoms with Crippen LogP contribution in [-0.2, 0) is 16.6 Å². The number of carbonyl (C=O) groups excluding carboxylic acids is 2. The monoisotopic (exact) mass is 440 g/mol. The predicted molar refractivity (Wildman–Crippen MR) is 129 cm³/mol. The largest absolute Gasteiger partial charge is 0.451 e. The Bertz CT molecular complexity index is 1420. The normalized spacial score (nSPS) is 10.8. The first-order valence-corrected chi connectivity index (χ1v) is 10.6. The maximum atomic E-state index is 13.2. The second-order valence-corrected chi connectivity index (χ2v) is 7.99. The fraction of sp³-hybridized carbons (Fsp3) is 0.148. The molecule has 0 unspecified atom stereocenters. The van der Waals surface area contributed by atoms with Crippen LogP contribution in [0.4, 0.5) is 5.69 Å². The van der Waals surface area contributed by atoms with Crippen LogP contribution in [0.25, 0.3) is 21.9 Å². The number of ether oxygens (including phenoxy) is 1. The van der Waals surface area contributed by atoms with E-state index in [0.29, 0.717) is 22.0 Å². The number of nitrogens with zero attached hydrogens (tertiary/aromatic N) is 1. The Morgan fingerprint density at radius 1 is 0.879 bits per heavy atom. The molecular weight excluding hydrogens is 416 g/mol. The SMILES string of the molecule is Cc1ccc(-c2c(C(=O)OCC(=O)Nc3cccc(C)c3)n(C)c(=O)c3ccccc23)cc1. The highest BCUT2D eigenvalue weighted by Crippen LogP contribution is 2.31. The number of aromatic nitrogens is 1. The van der Waals surface area contributed by atoms with Crippen LogP contribution >= 0.6 is 0 Å². The van der Waals surface area contributed by atoms with Gasteiger partial charge in [-0.1, -0.05) is 60.2 Å². The Labute approximate surface area is 191 Å². The highest BCUT2D eigenvalue weighted by atomic mass is 16.5. The first kappa shape index (κ1) is 22.0. The summed E-state index contributed by atoms with van der Waals surface area (Å²) in [5.74, 6) is -1.20. The van der Waals surface area contributed by atoms with E-state index < -0.39 is 18.5 Å². The summed E-state index contributed by atoms with van der Waals surface area (Å²) < 4.78 is 6.64. The molecule has 0 fully saturated rings. The summed E-state index contributed by atoms with van der Waals surface area (Å²) in [5.41, 5.74) is 3.86. The van der Waals surface area contributed by atoms with Crippen molar-refractivity contribution in [1.29, 1.82) is 0 Å². The lowest BCUT2D eigenvalue weighted by Crippen LogP contribution is -2.28. The third-order valence-corrected chi connectivity index (χ3v) is 5.47. The highest BCUT2D eigenvalue weighted by Gasteiger charge is 2.23. The molecule has 4 rings (SSSR count). The van der Waals surface area contributed by atoms with E-state index in [0.717, 1.165) is 16.7 Å². The van der Waals surface area contributed by atoms with E-state index in [1.165, 1.54) is 11.6 Å². The molecule has 0 aliphatic carbocycles. The zero-order chi connectivity index (χ0) is 23.5. The van der Waals surface area contributed by atoms with Gasteiger partial charge in [-0.2, -0.15) is 0 Å². The van der Waals surface area contributed by atoms with Gasteiger partial charge in [-0.25, -0.2) is 4.79 Å². The Balaban J connectivity index is 1.70. The zero-order valence-corrected chi connectivity index (χ0v) is 18.7. The quantitative estimate of drug-likeness (QED) is 0.460. The van der Waals surface area contributed by atoms with Gasteiger partial charge in [0.25, 0.3) is 11.5 Å². The number of rotatable bonds is 5. The highest BCUT2D eigenvalue weighted by molar-refractivity contribution is 6.07. The second kappa shape index (κ2) is 9.12. The van der Waals surface area contributed by atoms with Crippen molar-refractivity contribution in [1.82, 2.24) is 4.57 Å². The molecule has 0 aliphatic heterocycles. The number of benzene rings is 3. The molecule has 0 aliphatic rings. The van der Waals surface area contributed by atoms with Crippen LogP contribution in [0.5, 0.6) is 0 Å². The summed E-state index contributed by atoms with van der Waals surface area (Å²) in [4.78, 5) is 38.5. The first-order chi connectivity index (χ1) is 15.8. The zero-order valence-electron chi connectivity index (χ0n) is 18.7. The third kappa shape index (κ3) is 4.55. The fourth-order valence-corrected chi connectivity index (χ4v) is 3.84. The number of esters is 1. The number of fused-ring (bicyclic) bond motifs is 1. The topological polar surface area (TPSA) is 77.4 Å². The van der Waals surface area contributed by atoms with Crippen molar-refractivity contribution in [3.05, 3.63) is 100.0 Å². The molecule has 1 heterocycles. The van der Waals surface area contributed by atoms with Crippen molar-refractivity contribution in [2.24, 2.45) is 7.05 Å². The molecule has 3 aromatic carbocycles. The van der Waals surface area contributed by atoms with Crippen LogP contribution in [0, 0.1) is 13.8 Å². The van der Waals surface area contributed by atoms with Crippen LogP contribution in [-0.4, -0.2) is 23.1 Å². The van der Waals surface area contributed by atoms with Gasteiger partial charge in [0.15, 0.2) is 6.61 Å². The molecule has 6 nitrogen and oxygen atoms in total. The summed E-state index contributed by atoms with van der Waals surface area (Å²) in [6.07, 6.45) is 0. The summed E-state index contributed by atoms with van der Waals surface area (Å²) >= 11 is 0. The Morgan fingerprint density at radius 3 is 2.27 bits per heavy atom. The van der Waals surface area contributed by atoms with E-state index in [9.17, 15) is 14.4 Å². The van der Waals surface area contributed by atoms with Crippen LogP contribution in [0.3, 0.4) is 0 Å². The second-order valence-electron chi connectivity index (χ2n) is 7.99. The Morgan fingerprint density at radius 2 is 1.58 bits per heavy atom. The fourth-order valence-electron chi connectivity index (χ4n) is 3.84. The number of anilines is 1. The van der Waals surface area contributed by atoms with Crippen molar-refractivity contribution in [2.45, 2.75) is 13.8 Å². The van der Waals surface area contributed by atoms with Gasteiger partial charge in [0, 0.05) is 23.7 Å². The van der Waals surface area contributed by atoms with Gasteiger partial charge >= 0.3 is 5.97 Å². The Kier molecular flexibility index (Phi) is 6.09. The third-order valence-electron chi connectivity index (χ3n) is 5.47. The van der Waals surface area contributed by atoms with Crippen molar-refractivity contribution < 1.29 is 14.3 Å². The molecule has 0 spiro atoms. The minimum Gasteiger partial charge on any atom is -0.451 e. The molecule has 0 radical (unpaired) electrons. The molecule has 33 heavy (non-hydrogen) atoms. The number of amides is 1. The van der Waals surface area contributed by atoms with Crippen LogP contribution in [0.1, 0.15) is 21.6 Å². The van der Waals surface area contributed by atoms with Gasteiger partial charge in [0.05, 0.1) is 0 Å². The maximum absolute atomic E-state index is 13.2. The van der Waals surface area contributed by atoms with E-state index in [-0.39, 0.29) is 11.3 Å². The first-order valence-electron chi connectivity index (χ1n) is 10.6. The maximum Gasteiger partial charge on any atom is 0.356 e. The van der Waals surface area contributed by atoms with Gasteiger partial charge in [0.2, 0.25) is 0 Å². The van der Waals surface area contributed by atoms with Crippen LogP contribution in [0.2, 0.25) is 0 Å². The summed E-state index contributed by atoms with van der Waals surface area (Å²) in [6, 6.07) is 22.2. The molecule has 0 saturated carbocycles. The van der Waals surface area contributed by atoms with Crippen LogP contribution in [0.15, 0.2) is 77.6 Å². The molecule has 6 heteroatoms. The van der Waals surface area contributed by atoms with E-state index in [1.54, 1.807) is 18.2 Å². The lowest BCUT2D eigenvalue weighted by molar-refractivity contribution is -0.119. The van der Waals surface area contributed by atoms with E-state index in [2.05, 4.69) is 5.32 Å². The number of aryl methyl sites for hydroxylation is 2. The van der Waals surface area contributed by atoms with E-state index >= 15 is 0 Å². The van der Waals surface area contributed by atoms with Gasteiger partial charge in [0.1, 0.15) is 5.69 Å². The van der Waals surface area contributed by atoms with Crippen molar-refractivity contribution in [3.63, 3.8) is 0 Å². The van der Waals surface area contributed by atoms with Gasteiger partial charge in [-0.3, -0.25) is 9.59 Å². The molecule has 1 aromatic heterocycles. The summed E-state index contributed by atoms with van der Waals surface area (Å²) in [7, 11) is 1.54.